The van der Waals surface area contributed by atoms with Gasteiger partial charge in [-0.05, 0) is 30.2 Å². The molecule has 2 rings (SSSR count). The molecule has 5 nitrogen and oxygen atoms in total. The lowest BCUT2D eigenvalue weighted by Crippen LogP contribution is -2.09. The van der Waals surface area contributed by atoms with Crippen LogP contribution in [0.1, 0.15) is 24.3 Å². The molecule has 1 aromatic carbocycles. The number of carbonyl (C=O) groups is 1. The van der Waals surface area contributed by atoms with Gasteiger partial charge in [0.25, 0.3) is 0 Å². The fourth-order valence-corrected chi connectivity index (χ4v) is 1.82. The van der Waals surface area contributed by atoms with Gasteiger partial charge in [0.2, 0.25) is 0 Å². The van der Waals surface area contributed by atoms with Crippen molar-refractivity contribution in [2.24, 2.45) is 5.92 Å². The van der Waals surface area contributed by atoms with Gasteiger partial charge in [-0.15, -0.1) is 5.10 Å². The SMILES string of the molecule is CC(C)Cn1nnc(C(=O)O)c1-c1ccc(F)cc1. The third-order valence-corrected chi connectivity index (χ3v) is 2.59. The summed E-state index contributed by atoms with van der Waals surface area (Å²) >= 11 is 0. The molecular weight excluding hydrogens is 249 g/mol. The summed E-state index contributed by atoms with van der Waals surface area (Å²) in [5.74, 6) is -1.22. The predicted octanol–water partition coefficient (Wildman–Crippen LogP) is 2.44. The minimum Gasteiger partial charge on any atom is -0.476 e. The Balaban J connectivity index is 2.54. The number of halogens is 1. The molecule has 0 aliphatic heterocycles. The number of hydrogen-bond donors (Lipinski definition) is 1. The van der Waals surface area contributed by atoms with Gasteiger partial charge >= 0.3 is 5.97 Å². The number of hydrogen-bond acceptors (Lipinski definition) is 3. The Labute approximate surface area is 109 Å². The Morgan fingerprint density at radius 2 is 2.00 bits per heavy atom. The predicted molar refractivity (Wildman–Crippen MR) is 67.2 cm³/mol. The van der Waals surface area contributed by atoms with Crippen molar-refractivity contribution >= 4 is 5.97 Å². The molecule has 100 valence electrons. The van der Waals surface area contributed by atoms with E-state index in [0.29, 0.717) is 23.7 Å². The zero-order valence-corrected chi connectivity index (χ0v) is 10.7. The smallest absolute Gasteiger partial charge is 0.358 e. The molecule has 0 aliphatic rings. The molecule has 0 atom stereocenters. The van der Waals surface area contributed by atoms with Crippen molar-refractivity contribution in [3.63, 3.8) is 0 Å². The molecule has 0 saturated carbocycles. The number of carboxylic acid groups (broad SMARTS) is 1. The normalized spacial score (nSPS) is 10.9. The van der Waals surface area contributed by atoms with Crippen molar-refractivity contribution in [1.82, 2.24) is 15.0 Å². The van der Waals surface area contributed by atoms with Gasteiger partial charge in [0.05, 0.1) is 0 Å². The average Bonchev–Trinajstić information content (AvgIpc) is 2.73. The van der Waals surface area contributed by atoms with Crippen molar-refractivity contribution in [2.75, 3.05) is 0 Å². The van der Waals surface area contributed by atoms with Crippen LogP contribution in [0.5, 0.6) is 0 Å². The van der Waals surface area contributed by atoms with Gasteiger partial charge in [-0.1, -0.05) is 19.1 Å². The zero-order chi connectivity index (χ0) is 14.0. The summed E-state index contributed by atoms with van der Waals surface area (Å²) in [6.07, 6.45) is 0. The number of nitrogens with zero attached hydrogens (tertiary/aromatic N) is 3. The Morgan fingerprint density at radius 1 is 1.37 bits per heavy atom. The maximum Gasteiger partial charge on any atom is 0.358 e. The maximum atomic E-state index is 12.9. The highest BCUT2D eigenvalue weighted by Crippen LogP contribution is 2.23. The van der Waals surface area contributed by atoms with Gasteiger partial charge < -0.3 is 5.11 Å². The summed E-state index contributed by atoms with van der Waals surface area (Å²) in [5, 5.41) is 16.7. The zero-order valence-electron chi connectivity index (χ0n) is 10.7. The van der Waals surface area contributed by atoms with Gasteiger partial charge in [0.15, 0.2) is 5.69 Å². The summed E-state index contributed by atoms with van der Waals surface area (Å²) in [7, 11) is 0. The highest BCUT2D eigenvalue weighted by Gasteiger charge is 2.20. The van der Waals surface area contributed by atoms with E-state index in [1.165, 1.54) is 24.3 Å². The molecule has 0 fully saturated rings. The molecular formula is C13H14FN3O2. The number of carboxylic acids is 1. The number of benzene rings is 1. The summed E-state index contributed by atoms with van der Waals surface area (Å²) in [5.41, 5.74) is 0.873. The van der Waals surface area contributed by atoms with E-state index >= 15 is 0 Å². The summed E-state index contributed by atoms with van der Waals surface area (Å²) in [4.78, 5) is 11.2. The summed E-state index contributed by atoms with van der Waals surface area (Å²) in [6, 6.07) is 5.62. The third-order valence-electron chi connectivity index (χ3n) is 2.59. The Morgan fingerprint density at radius 3 is 2.53 bits per heavy atom. The van der Waals surface area contributed by atoms with E-state index in [2.05, 4.69) is 10.3 Å². The van der Waals surface area contributed by atoms with Crippen LogP contribution >= 0.6 is 0 Å². The van der Waals surface area contributed by atoms with E-state index in [1.54, 1.807) is 4.68 Å². The van der Waals surface area contributed by atoms with Crippen LogP contribution in [0.3, 0.4) is 0 Å². The molecule has 0 bridgehead atoms. The molecule has 19 heavy (non-hydrogen) atoms. The Kier molecular flexibility index (Phi) is 3.59. The number of aromatic carboxylic acids is 1. The van der Waals surface area contributed by atoms with Crippen molar-refractivity contribution in [3.8, 4) is 11.3 Å². The van der Waals surface area contributed by atoms with E-state index in [-0.39, 0.29) is 11.5 Å². The van der Waals surface area contributed by atoms with E-state index in [0.717, 1.165) is 0 Å². The van der Waals surface area contributed by atoms with Crippen LogP contribution in [0.4, 0.5) is 4.39 Å². The molecule has 0 saturated heterocycles. The van der Waals surface area contributed by atoms with Crippen LogP contribution in [0, 0.1) is 11.7 Å². The number of rotatable bonds is 4. The first-order valence-corrected chi connectivity index (χ1v) is 5.91. The molecule has 0 spiro atoms. The molecule has 0 radical (unpaired) electrons. The molecule has 2 aromatic rings. The minimum atomic E-state index is -1.14. The lowest BCUT2D eigenvalue weighted by Gasteiger charge is -2.09. The highest BCUT2D eigenvalue weighted by atomic mass is 19.1. The van der Waals surface area contributed by atoms with E-state index in [9.17, 15) is 9.18 Å². The van der Waals surface area contributed by atoms with E-state index < -0.39 is 5.97 Å². The molecule has 0 amide bonds. The fraction of sp³-hybridized carbons (Fsp3) is 0.308. The summed E-state index contributed by atoms with van der Waals surface area (Å²) in [6.45, 7) is 4.54. The molecule has 1 N–H and O–H groups in total. The fourth-order valence-electron chi connectivity index (χ4n) is 1.82. The lowest BCUT2D eigenvalue weighted by molar-refractivity contribution is 0.0691. The van der Waals surface area contributed by atoms with Gasteiger partial charge in [-0.25, -0.2) is 13.9 Å². The monoisotopic (exact) mass is 263 g/mol. The second-order valence-electron chi connectivity index (χ2n) is 4.67. The molecule has 0 aliphatic carbocycles. The lowest BCUT2D eigenvalue weighted by atomic mass is 10.1. The molecule has 6 heteroatoms. The Bertz CT molecular complexity index is 590. The Hall–Kier alpha value is -2.24. The average molecular weight is 263 g/mol. The van der Waals surface area contributed by atoms with Crippen LogP contribution < -0.4 is 0 Å². The molecule has 1 heterocycles. The maximum absolute atomic E-state index is 12.9. The van der Waals surface area contributed by atoms with E-state index in [1.807, 2.05) is 13.8 Å². The van der Waals surface area contributed by atoms with Crippen LogP contribution in [-0.4, -0.2) is 26.1 Å². The van der Waals surface area contributed by atoms with Crippen LogP contribution in [-0.2, 0) is 6.54 Å². The van der Waals surface area contributed by atoms with Crippen LogP contribution in [0.2, 0.25) is 0 Å². The number of aromatic nitrogens is 3. The van der Waals surface area contributed by atoms with Crippen LogP contribution in [0.25, 0.3) is 11.3 Å². The largest absolute Gasteiger partial charge is 0.476 e. The van der Waals surface area contributed by atoms with Crippen molar-refractivity contribution < 1.29 is 14.3 Å². The minimum absolute atomic E-state index is 0.118. The first-order valence-electron chi connectivity index (χ1n) is 5.91. The van der Waals surface area contributed by atoms with Crippen molar-refractivity contribution in [1.29, 1.82) is 0 Å². The van der Waals surface area contributed by atoms with Gasteiger partial charge in [-0.3, -0.25) is 0 Å². The van der Waals surface area contributed by atoms with Gasteiger partial charge in [-0.2, -0.15) is 0 Å². The first-order chi connectivity index (χ1) is 8.99. The molecule has 1 aromatic heterocycles. The second kappa shape index (κ2) is 5.17. The van der Waals surface area contributed by atoms with Gasteiger partial charge in [0, 0.05) is 12.1 Å². The molecule has 0 unspecified atom stereocenters. The summed E-state index contributed by atoms with van der Waals surface area (Å²) < 4.78 is 14.5. The van der Waals surface area contributed by atoms with Gasteiger partial charge in [0.1, 0.15) is 11.5 Å². The van der Waals surface area contributed by atoms with Crippen LogP contribution in [0.15, 0.2) is 24.3 Å². The van der Waals surface area contributed by atoms with Crippen molar-refractivity contribution in [2.45, 2.75) is 20.4 Å². The highest BCUT2D eigenvalue weighted by molar-refractivity contribution is 5.92. The standard InChI is InChI=1S/C13H14FN3O2/c1-8(2)7-17-12(11(13(18)19)15-16-17)9-3-5-10(14)6-4-9/h3-6,8H,7H2,1-2H3,(H,18,19). The van der Waals surface area contributed by atoms with Crippen molar-refractivity contribution in [3.05, 3.63) is 35.8 Å². The quantitative estimate of drug-likeness (QED) is 0.919. The van der Waals surface area contributed by atoms with E-state index in [4.69, 9.17) is 5.11 Å². The third kappa shape index (κ3) is 2.78. The topological polar surface area (TPSA) is 68.0 Å². The first kappa shape index (κ1) is 13.2. The second-order valence-corrected chi connectivity index (χ2v) is 4.67.